The van der Waals surface area contributed by atoms with Crippen molar-refractivity contribution in [1.29, 1.82) is 0 Å². The van der Waals surface area contributed by atoms with Gasteiger partial charge < -0.3 is 9.42 Å². The van der Waals surface area contributed by atoms with Gasteiger partial charge >= 0.3 is 0 Å². The van der Waals surface area contributed by atoms with Gasteiger partial charge in [0.1, 0.15) is 5.76 Å². The lowest BCUT2D eigenvalue weighted by molar-refractivity contribution is 0.0784. The van der Waals surface area contributed by atoms with E-state index in [-0.39, 0.29) is 5.91 Å². The molecule has 0 saturated carbocycles. The average Bonchev–Trinajstić information content (AvgIpc) is 2.93. The fraction of sp³-hybridized carbons (Fsp3) is 0.286. The molecule has 1 aromatic carbocycles. The first kappa shape index (κ1) is 17.9. The normalized spacial score (nSPS) is 10.8. The van der Waals surface area contributed by atoms with E-state index in [2.05, 4.69) is 16.2 Å². The van der Waals surface area contributed by atoms with E-state index in [1.807, 2.05) is 58.0 Å². The molecule has 0 bridgehead atoms. The number of pyridine rings is 1. The molecule has 0 spiro atoms. The molecule has 0 radical (unpaired) electrons. The summed E-state index contributed by atoms with van der Waals surface area (Å²) in [6.45, 7) is 8.20. The summed E-state index contributed by atoms with van der Waals surface area (Å²) in [4.78, 5) is 18.9. The standard InChI is InChI=1S/C21H23N3O2/c1-13-6-11-19(14(2)22-13)17-7-9-18(10-8-17)21(25)24(5)12-20-15(3)23-26-16(20)4/h6-11H,12H2,1-5H3. The van der Waals surface area contributed by atoms with Crippen LogP contribution in [0.1, 0.15) is 38.8 Å². The van der Waals surface area contributed by atoms with Crippen LogP contribution in [0.4, 0.5) is 0 Å². The van der Waals surface area contributed by atoms with Crippen LogP contribution in [0, 0.1) is 27.7 Å². The number of benzene rings is 1. The van der Waals surface area contributed by atoms with Gasteiger partial charge in [0, 0.05) is 35.1 Å². The van der Waals surface area contributed by atoms with Crippen molar-refractivity contribution in [2.45, 2.75) is 34.2 Å². The van der Waals surface area contributed by atoms with Gasteiger partial charge in [0.2, 0.25) is 0 Å². The molecule has 0 saturated heterocycles. The quantitative estimate of drug-likeness (QED) is 0.707. The van der Waals surface area contributed by atoms with E-state index < -0.39 is 0 Å². The number of hydrogen-bond acceptors (Lipinski definition) is 4. The van der Waals surface area contributed by atoms with Crippen molar-refractivity contribution < 1.29 is 9.32 Å². The van der Waals surface area contributed by atoms with Gasteiger partial charge in [-0.3, -0.25) is 9.78 Å². The molecular formula is C21H23N3O2. The molecule has 2 aromatic heterocycles. The summed E-state index contributed by atoms with van der Waals surface area (Å²) in [5.74, 6) is 0.718. The van der Waals surface area contributed by atoms with Crippen molar-refractivity contribution in [1.82, 2.24) is 15.0 Å². The Balaban J connectivity index is 1.78. The molecule has 1 amide bonds. The van der Waals surface area contributed by atoms with Crippen molar-refractivity contribution >= 4 is 5.91 Å². The molecule has 0 N–H and O–H groups in total. The van der Waals surface area contributed by atoms with E-state index in [9.17, 15) is 4.79 Å². The van der Waals surface area contributed by atoms with Crippen LogP contribution < -0.4 is 0 Å². The largest absolute Gasteiger partial charge is 0.361 e. The van der Waals surface area contributed by atoms with Gasteiger partial charge in [0.05, 0.1) is 12.2 Å². The van der Waals surface area contributed by atoms with E-state index >= 15 is 0 Å². The molecule has 3 aromatic rings. The number of carbonyl (C=O) groups is 1. The summed E-state index contributed by atoms with van der Waals surface area (Å²) in [5, 5.41) is 3.94. The zero-order chi connectivity index (χ0) is 18.8. The van der Waals surface area contributed by atoms with Gasteiger partial charge in [-0.25, -0.2) is 0 Å². The van der Waals surface area contributed by atoms with Gasteiger partial charge in [-0.2, -0.15) is 0 Å². The zero-order valence-electron chi connectivity index (χ0n) is 15.8. The molecule has 0 atom stereocenters. The van der Waals surface area contributed by atoms with Crippen molar-refractivity contribution in [3.63, 3.8) is 0 Å². The minimum atomic E-state index is -0.0321. The first-order valence-electron chi connectivity index (χ1n) is 8.58. The SMILES string of the molecule is Cc1ccc(-c2ccc(C(=O)N(C)Cc3c(C)noc3C)cc2)c(C)n1. The third-order valence-electron chi connectivity index (χ3n) is 4.59. The monoisotopic (exact) mass is 349 g/mol. The Morgan fingerprint density at radius 2 is 1.69 bits per heavy atom. The summed E-state index contributed by atoms with van der Waals surface area (Å²) >= 11 is 0. The number of hydrogen-bond donors (Lipinski definition) is 0. The summed E-state index contributed by atoms with van der Waals surface area (Å²) in [7, 11) is 1.79. The third kappa shape index (κ3) is 3.52. The highest BCUT2D eigenvalue weighted by atomic mass is 16.5. The molecule has 0 aliphatic carbocycles. The maximum Gasteiger partial charge on any atom is 0.253 e. The van der Waals surface area contributed by atoms with Crippen LogP contribution in [0.25, 0.3) is 11.1 Å². The Bertz CT molecular complexity index is 923. The second kappa shape index (κ2) is 7.12. The summed E-state index contributed by atoms with van der Waals surface area (Å²) in [5.41, 5.74) is 6.55. The molecule has 134 valence electrons. The van der Waals surface area contributed by atoms with E-state index in [4.69, 9.17) is 4.52 Å². The molecule has 0 aliphatic heterocycles. The Hall–Kier alpha value is -2.95. The molecule has 2 heterocycles. The van der Waals surface area contributed by atoms with Crippen LogP contribution in [0.3, 0.4) is 0 Å². The second-order valence-electron chi connectivity index (χ2n) is 6.63. The first-order chi connectivity index (χ1) is 12.4. The molecule has 3 rings (SSSR count). The molecule has 5 nitrogen and oxygen atoms in total. The van der Waals surface area contributed by atoms with Crippen LogP contribution in [0.2, 0.25) is 0 Å². The predicted molar refractivity (Wildman–Crippen MR) is 101 cm³/mol. The van der Waals surface area contributed by atoms with Crippen LogP contribution in [0.5, 0.6) is 0 Å². The maximum absolute atomic E-state index is 12.7. The van der Waals surface area contributed by atoms with Crippen LogP contribution in [0.15, 0.2) is 40.9 Å². The number of aromatic nitrogens is 2. The van der Waals surface area contributed by atoms with Gasteiger partial charge in [-0.1, -0.05) is 23.4 Å². The number of amides is 1. The molecule has 0 fully saturated rings. The van der Waals surface area contributed by atoms with Gasteiger partial charge in [0.15, 0.2) is 0 Å². The number of nitrogens with zero attached hydrogens (tertiary/aromatic N) is 3. The number of rotatable bonds is 4. The second-order valence-corrected chi connectivity index (χ2v) is 6.63. The molecule has 5 heteroatoms. The van der Waals surface area contributed by atoms with Gasteiger partial charge in [-0.05, 0) is 51.5 Å². The highest BCUT2D eigenvalue weighted by molar-refractivity contribution is 5.94. The number of aryl methyl sites for hydroxylation is 4. The van der Waals surface area contributed by atoms with Gasteiger partial charge in [-0.15, -0.1) is 0 Å². The summed E-state index contributed by atoms with van der Waals surface area (Å²) in [6.07, 6.45) is 0. The van der Waals surface area contributed by atoms with E-state index in [0.717, 1.165) is 39.5 Å². The van der Waals surface area contributed by atoms with Crippen LogP contribution in [-0.4, -0.2) is 28.0 Å². The van der Waals surface area contributed by atoms with Crippen LogP contribution in [-0.2, 0) is 6.54 Å². The van der Waals surface area contributed by atoms with Crippen molar-refractivity contribution in [2.75, 3.05) is 7.05 Å². The van der Waals surface area contributed by atoms with Crippen molar-refractivity contribution in [2.24, 2.45) is 0 Å². The maximum atomic E-state index is 12.7. The minimum Gasteiger partial charge on any atom is -0.361 e. The minimum absolute atomic E-state index is 0.0321. The third-order valence-corrected chi connectivity index (χ3v) is 4.59. The molecule has 0 unspecified atom stereocenters. The number of carbonyl (C=O) groups excluding carboxylic acids is 1. The molecular weight excluding hydrogens is 326 g/mol. The van der Waals surface area contributed by atoms with Crippen LogP contribution >= 0.6 is 0 Å². The topological polar surface area (TPSA) is 59.2 Å². The lowest BCUT2D eigenvalue weighted by Crippen LogP contribution is -2.26. The highest BCUT2D eigenvalue weighted by Crippen LogP contribution is 2.23. The Kier molecular flexibility index (Phi) is 4.89. The summed E-state index contributed by atoms with van der Waals surface area (Å²) in [6, 6.07) is 11.7. The first-order valence-corrected chi connectivity index (χ1v) is 8.58. The fourth-order valence-electron chi connectivity index (χ4n) is 3.04. The average molecular weight is 349 g/mol. The fourth-order valence-corrected chi connectivity index (χ4v) is 3.04. The van der Waals surface area contributed by atoms with Crippen molar-refractivity contribution in [3.05, 3.63) is 70.4 Å². The Labute approximate surface area is 153 Å². The Morgan fingerprint density at radius 1 is 1.00 bits per heavy atom. The lowest BCUT2D eigenvalue weighted by atomic mass is 10.0. The molecule has 0 aliphatic rings. The highest BCUT2D eigenvalue weighted by Gasteiger charge is 2.17. The molecule has 26 heavy (non-hydrogen) atoms. The zero-order valence-corrected chi connectivity index (χ0v) is 15.8. The smallest absolute Gasteiger partial charge is 0.253 e. The Morgan fingerprint density at radius 3 is 2.27 bits per heavy atom. The van der Waals surface area contributed by atoms with E-state index in [1.54, 1.807) is 11.9 Å². The van der Waals surface area contributed by atoms with E-state index in [0.29, 0.717) is 12.1 Å². The predicted octanol–water partition coefficient (Wildman–Crippen LogP) is 4.24. The van der Waals surface area contributed by atoms with Gasteiger partial charge in [0.25, 0.3) is 5.91 Å². The van der Waals surface area contributed by atoms with E-state index in [1.165, 1.54) is 0 Å². The summed E-state index contributed by atoms with van der Waals surface area (Å²) < 4.78 is 5.17. The van der Waals surface area contributed by atoms with Crippen molar-refractivity contribution in [3.8, 4) is 11.1 Å². The lowest BCUT2D eigenvalue weighted by Gasteiger charge is -2.17.